The largest absolute Gasteiger partial charge is 0.269 e. The van der Waals surface area contributed by atoms with Gasteiger partial charge in [0.2, 0.25) is 10.0 Å². The number of hydrogen-bond donors (Lipinski definition) is 1. The molecule has 26 heavy (non-hydrogen) atoms. The van der Waals surface area contributed by atoms with Crippen LogP contribution in [0.5, 0.6) is 0 Å². The molecule has 136 valence electrons. The van der Waals surface area contributed by atoms with E-state index in [0.29, 0.717) is 11.6 Å². The van der Waals surface area contributed by atoms with Crippen LogP contribution in [-0.4, -0.2) is 23.2 Å². The van der Waals surface area contributed by atoms with Crippen LogP contribution in [0.3, 0.4) is 0 Å². The normalized spacial score (nSPS) is 15.7. The van der Waals surface area contributed by atoms with Gasteiger partial charge in [-0.2, -0.15) is 5.10 Å². The van der Waals surface area contributed by atoms with E-state index in [2.05, 4.69) is 14.8 Å². The van der Waals surface area contributed by atoms with Gasteiger partial charge < -0.3 is 0 Å². The number of hydrogen-bond acceptors (Lipinski definition) is 4. The number of benzene rings is 1. The van der Waals surface area contributed by atoms with Crippen LogP contribution in [0.2, 0.25) is 0 Å². The zero-order chi connectivity index (χ0) is 18.0. The highest BCUT2D eigenvalue weighted by molar-refractivity contribution is 7.88. The number of rotatable bonds is 6. The molecule has 1 N–H and O–H groups in total. The summed E-state index contributed by atoms with van der Waals surface area (Å²) in [5, 5.41) is 5.47. The van der Waals surface area contributed by atoms with E-state index >= 15 is 0 Å². The number of pyridine rings is 1. The first kappa shape index (κ1) is 17.2. The maximum atomic E-state index is 12.5. The van der Waals surface area contributed by atoms with Crippen LogP contribution in [-0.2, 0) is 22.3 Å². The van der Waals surface area contributed by atoms with Gasteiger partial charge in [-0.25, -0.2) is 13.1 Å². The van der Waals surface area contributed by atoms with Crippen molar-refractivity contribution in [3.05, 3.63) is 60.0 Å². The molecule has 0 saturated heterocycles. The fraction of sp³-hybridized carbons (Fsp3) is 0.368. The summed E-state index contributed by atoms with van der Waals surface area (Å²) in [6.45, 7) is 0.209. The van der Waals surface area contributed by atoms with Crippen molar-refractivity contribution >= 4 is 20.9 Å². The molecule has 0 atom stereocenters. The quantitative estimate of drug-likeness (QED) is 0.723. The first-order valence-corrected chi connectivity index (χ1v) is 10.6. The van der Waals surface area contributed by atoms with Gasteiger partial charge in [-0.05, 0) is 30.5 Å². The van der Waals surface area contributed by atoms with Crippen LogP contribution >= 0.6 is 0 Å². The molecule has 0 aliphatic heterocycles. The Balaban J connectivity index is 1.44. The van der Waals surface area contributed by atoms with Crippen LogP contribution in [0.1, 0.15) is 43.0 Å². The maximum absolute atomic E-state index is 12.5. The van der Waals surface area contributed by atoms with Crippen molar-refractivity contribution in [2.24, 2.45) is 0 Å². The molecule has 0 unspecified atom stereocenters. The number of aromatic nitrogens is 3. The molecule has 1 aromatic carbocycles. The summed E-state index contributed by atoms with van der Waals surface area (Å²) in [4.78, 5) is 4.32. The minimum atomic E-state index is -3.47. The molecule has 0 bridgehead atoms. The highest BCUT2D eigenvalue weighted by Gasteiger charge is 2.18. The summed E-state index contributed by atoms with van der Waals surface area (Å²) in [6.07, 6.45) is 8.43. The van der Waals surface area contributed by atoms with Crippen molar-refractivity contribution in [1.29, 1.82) is 0 Å². The van der Waals surface area contributed by atoms with Gasteiger partial charge >= 0.3 is 0 Å². The van der Waals surface area contributed by atoms with Crippen LogP contribution < -0.4 is 4.72 Å². The third-order valence-corrected chi connectivity index (χ3v) is 6.17. The van der Waals surface area contributed by atoms with Crippen molar-refractivity contribution in [2.75, 3.05) is 0 Å². The van der Waals surface area contributed by atoms with E-state index < -0.39 is 10.0 Å². The van der Waals surface area contributed by atoms with Crippen molar-refractivity contribution in [3.8, 4) is 0 Å². The van der Waals surface area contributed by atoms with E-state index in [1.165, 1.54) is 12.8 Å². The smallest absolute Gasteiger partial charge is 0.216 e. The van der Waals surface area contributed by atoms with Gasteiger partial charge in [-0.3, -0.25) is 9.67 Å². The Hall–Kier alpha value is -2.25. The molecule has 1 aliphatic carbocycles. The van der Waals surface area contributed by atoms with Crippen molar-refractivity contribution in [3.63, 3.8) is 0 Å². The molecule has 1 saturated carbocycles. The molecule has 6 nitrogen and oxygen atoms in total. The van der Waals surface area contributed by atoms with Crippen molar-refractivity contribution < 1.29 is 8.42 Å². The monoisotopic (exact) mass is 370 g/mol. The third-order valence-electron chi connectivity index (χ3n) is 4.90. The standard InChI is InChI=1S/C19H22N4O2S/c24-26(25,14-16-6-3-5-15-7-4-11-20-19(15)16)21-13-17-10-12-23(22-17)18-8-1-2-9-18/h3-7,10-12,18,21H,1-2,8-9,13-14H2. The van der Waals surface area contributed by atoms with E-state index in [9.17, 15) is 8.42 Å². The highest BCUT2D eigenvalue weighted by atomic mass is 32.2. The van der Waals surface area contributed by atoms with Crippen LogP contribution in [0, 0.1) is 0 Å². The summed E-state index contributed by atoms with van der Waals surface area (Å²) in [7, 11) is -3.47. The van der Waals surface area contributed by atoms with Crippen LogP contribution in [0.25, 0.3) is 10.9 Å². The Morgan fingerprint density at radius 3 is 2.77 bits per heavy atom. The molecule has 7 heteroatoms. The number of sulfonamides is 1. The lowest BCUT2D eigenvalue weighted by molar-refractivity contribution is 0.462. The second kappa shape index (κ2) is 7.17. The molecule has 3 aromatic rings. The summed E-state index contributed by atoms with van der Waals surface area (Å²) >= 11 is 0. The predicted molar refractivity (Wildman–Crippen MR) is 101 cm³/mol. The first-order valence-electron chi connectivity index (χ1n) is 8.95. The van der Waals surface area contributed by atoms with Gasteiger partial charge in [-0.1, -0.05) is 37.1 Å². The molecular weight excluding hydrogens is 348 g/mol. The lowest BCUT2D eigenvalue weighted by Crippen LogP contribution is -2.25. The summed E-state index contributed by atoms with van der Waals surface area (Å²) in [5.41, 5.74) is 2.18. The van der Waals surface area contributed by atoms with E-state index in [1.807, 2.05) is 47.3 Å². The first-order chi connectivity index (χ1) is 12.6. The van der Waals surface area contributed by atoms with Crippen LogP contribution in [0.15, 0.2) is 48.8 Å². The fourth-order valence-corrected chi connectivity index (χ4v) is 4.68. The molecule has 1 aliphatic rings. The number of fused-ring (bicyclic) bond motifs is 1. The van der Waals surface area contributed by atoms with Crippen molar-refractivity contribution in [2.45, 2.75) is 44.0 Å². The average molecular weight is 370 g/mol. The lowest BCUT2D eigenvalue weighted by atomic mass is 10.1. The van der Waals surface area contributed by atoms with Crippen molar-refractivity contribution in [1.82, 2.24) is 19.5 Å². The Kier molecular flexibility index (Phi) is 4.74. The number of nitrogens with zero attached hydrogens (tertiary/aromatic N) is 3. The molecule has 0 spiro atoms. The Morgan fingerprint density at radius 1 is 1.12 bits per heavy atom. The van der Waals surface area contributed by atoms with Gasteiger partial charge in [0.25, 0.3) is 0 Å². The summed E-state index contributed by atoms with van der Waals surface area (Å²) < 4.78 is 29.7. The Bertz CT molecular complexity index is 1000. The van der Waals surface area contributed by atoms with Gasteiger partial charge in [0, 0.05) is 17.8 Å². The highest BCUT2D eigenvalue weighted by Crippen LogP contribution is 2.28. The van der Waals surface area contributed by atoms with E-state index in [-0.39, 0.29) is 12.3 Å². The summed E-state index contributed by atoms with van der Waals surface area (Å²) in [6, 6.07) is 11.7. The minimum Gasteiger partial charge on any atom is -0.269 e. The molecule has 4 rings (SSSR count). The second-order valence-corrected chi connectivity index (χ2v) is 8.60. The van der Waals surface area contributed by atoms with E-state index in [1.54, 1.807) is 6.20 Å². The lowest BCUT2D eigenvalue weighted by Gasteiger charge is -2.09. The Labute approximate surface area is 153 Å². The van der Waals surface area contributed by atoms with Crippen LogP contribution in [0.4, 0.5) is 0 Å². The molecular formula is C19H22N4O2S. The molecule has 1 fully saturated rings. The predicted octanol–water partition coefficient (Wildman–Crippen LogP) is 3.17. The third kappa shape index (κ3) is 3.78. The molecule has 2 aromatic heterocycles. The minimum absolute atomic E-state index is 0.0926. The van der Waals surface area contributed by atoms with Gasteiger partial charge in [-0.15, -0.1) is 0 Å². The van der Waals surface area contributed by atoms with E-state index in [0.717, 1.165) is 29.4 Å². The number of para-hydroxylation sites is 1. The molecule has 0 radical (unpaired) electrons. The Morgan fingerprint density at radius 2 is 1.92 bits per heavy atom. The topological polar surface area (TPSA) is 76.9 Å². The zero-order valence-electron chi connectivity index (χ0n) is 14.5. The molecule has 0 amide bonds. The van der Waals surface area contributed by atoms with Gasteiger partial charge in [0.15, 0.2) is 0 Å². The average Bonchev–Trinajstić information content (AvgIpc) is 3.32. The number of nitrogens with one attached hydrogen (secondary N) is 1. The van der Waals surface area contributed by atoms with Gasteiger partial charge in [0.05, 0.1) is 29.6 Å². The fourth-order valence-electron chi connectivity index (χ4n) is 3.57. The summed E-state index contributed by atoms with van der Waals surface area (Å²) in [5.74, 6) is -0.0926. The molecule has 2 heterocycles. The second-order valence-electron chi connectivity index (χ2n) is 6.80. The zero-order valence-corrected chi connectivity index (χ0v) is 15.3. The van der Waals surface area contributed by atoms with Gasteiger partial charge in [0.1, 0.15) is 0 Å². The maximum Gasteiger partial charge on any atom is 0.216 e. The van der Waals surface area contributed by atoms with E-state index in [4.69, 9.17) is 0 Å². The SMILES string of the molecule is O=S(=O)(Cc1cccc2cccnc12)NCc1ccn(C2CCCC2)n1.